The zero-order valence-electron chi connectivity index (χ0n) is 20.5. The van der Waals surface area contributed by atoms with E-state index in [1.54, 1.807) is 6.07 Å². The van der Waals surface area contributed by atoms with Gasteiger partial charge < -0.3 is 5.32 Å². The molecule has 3 aromatic carbocycles. The second kappa shape index (κ2) is 11.9. The number of hydrogen-bond acceptors (Lipinski definition) is 3. The summed E-state index contributed by atoms with van der Waals surface area (Å²) in [6, 6.07) is 7.48. The molecule has 4 rings (SSSR count). The third-order valence-electron chi connectivity index (χ3n) is 6.51. The van der Waals surface area contributed by atoms with Gasteiger partial charge in [-0.3, -0.25) is 14.4 Å². The molecule has 0 heterocycles. The first kappa shape index (κ1) is 32.4. The number of alkyl halides is 5. The Morgan fingerprint density at radius 1 is 0.857 bits per heavy atom. The summed E-state index contributed by atoms with van der Waals surface area (Å²) in [7, 11) is 0. The summed E-state index contributed by atoms with van der Waals surface area (Å²) in [6.45, 7) is 0. The van der Waals surface area contributed by atoms with E-state index in [9.17, 15) is 40.7 Å². The van der Waals surface area contributed by atoms with Gasteiger partial charge in [0.1, 0.15) is 21.8 Å². The van der Waals surface area contributed by atoms with Crippen LogP contribution in [0.4, 0.5) is 32.0 Å². The molecule has 0 aliphatic heterocycles. The van der Waals surface area contributed by atoms with Crippen molar-refractivity contribution in [3.05, 3.63) is 97.2 Å². The first-order chi connectivity index (χ1) is 19.4. The van der Waals surface area contributed by atoms with E-state index in [1.807, 2.05) is 0 Å². The average molecular weight is 692 g/mol. The summed E-state index contributed by atoms with van der Waals surface area (Å²) in [6.07, 6.45) is -7.79. The van der Waals surface area contributed by atoms with Crippen molar-refractivity contribution in [1.82, 2.24) is 0 Å². The summed E-state index contributed by atoms with van der Waals surface area (Å²) >= 11 is 30.5. The van der Waals surface area contributed by atoms with Crippen molar-refractivity contribution >= 4 is 81.2 Å². The summed E-state index contributed by atoms with van der Waals surface area (Å²) in [5.41, 5.74) is -2.14. The predicted octanol–water partition coefficient (Wildman–Crippen LogP) is 8.69. The fourth-order valence-corrected chi connectivity index (χ4v) is 5.68. The number of benzene rings is 3. The monoisotopic (exact) mass is 689 g/mol. The lowest BCUT2D eigenvalue weighted by atomic mass is 9.97. The summed E-state index contributed by atoms with van der Waals surface area (Å²) in [5.74, 6) is -9.99. The standard InChI is InChI=1S/C27H14Cl5F6NO3/c28-15-3-1-10(5-16(15)29)21-22(26(21,31)32)25(42)39-12-7-14(23(30)18(34)8-12)19(40)9-13-17(33)4-2-11(24(13)35)6-20(41)27(36,37)38/h1-5,7-8,21-22H,6,9H2,(H,39,42)/t21-,22+/m0/s1. The van der Waals surface area contributed by atoms with Crippen LogP contribution in [0.3, 0.4) is 0 Å². The minimum absolute atomic E-state index is 0.192. The minimum Gasteiger partial charge on any atom is -0.326 e. The van der Waals surface area contributed by atoms with Crippen LogP contribution in [-0.4, -0.2) is 28.0 Å². The molecule has 42 heavy (non-hydrogen) atoms. The fraction of sp³-hybridized carbons (Fsp3) is 0.222. The third kappa shape index (κ3) is 6.53. The number of carbonyl (C=O) groups is 3. The smallest absolute Gasteiger partial charge is 0.326 e. The van der Waals surface area contributed by atoms with Gasteiger partial charge in [-0.2, -0.15) is 13.2 Å². The first-order valence-corrected chi connectivity index (χ1v) is 13.5. The normalized spacial score (nSPS) is 17.6. The predicted molar refractivity (Wildman–Crippen MR) is 146 cm³/mol. The van der Waals surface area contributed by atoms with Gasteiger partial charge in [-0.05, 0) is 41.5 Å². The molecule has 4 nitrogen and oxygen atoms in total. The second-order valence-corrected chi connectivity index (χ2v) is 11.9. The highest BCUT2D eigenvalue weighted by Gasteiger charge is 2.67. The number of amides is 1. The van der Waals surface area contributed by atoms with E-state index in [-0.39, 0.29) is 15.7 Å². The SMILES string of the molecule is O=C(Cc1c(F)ccc(CC(=O)C(F)(F)F)c1F)c1cc(NC(=O)[C@H]2[C@H](c3ccc(Cl)c(Cl)c3)C2(Cl)Cl)cc(F)c1Cl. The van der Waals surface area contributed by atoms with Gasteiger partial charge in [-0.25, -0.2) is 13.2 Å². The van der Waals surface area contributed by atoms with Crippen LogP contribution in [0.5, 0.6) is 0 Å². The highest BCUT2D eigenvalue weighted by atomic mass is 35.5. The molecule has 0 radical (unpaired) electrons. The van der Waals surface area contributed by atoms with Gasteiger partial charge in [0.2, 0.25) is 11.7 Å². The molecule has 1 aliphatic carbocycles. The van der Waals surface area contributed by atoms with E-state index in [4.69, 9.17) is 58.0 Å². The van der Waals surface area contributed by atoms with E-state index in [2.05, 4.69) is 5.32 Å². The van der Waals surface area contributed by atoms with Gasteiger partial charge in [0.25, 0.3) is 0 Å². The molecule has 1 aliphatic rings. The summed E-state index contributed by atoms with van der Waals surface area (Å²) in [5, 5.41) is 2.07. The van der Waals surface area contributed by atoms with E-state index in [1.165, 1.54) is 12.1 Å². The lowest BCUT2D eigenvalue weighted by Gasteiger charge is -2.12. The molecule has 1 saturated carbocycles. The molecule has 1 N–H and O–H groups in total. The Kier molecular flexibility index (Phi) is 9.17. The van der Waals surface area contributed by atoms with Gasteiger partial charge in [-0.1, -0.05) is 46.9 Å². The summed E-state index contributed by atoms with van der Waals surface area (Å²) in [4.78, 5) is 37.2. The number of rotatable bonds is 8. The second-order valence-electron chi connectivity index (χ2n) is 9.31. The number of carbonyl (C=O) groups excluding carboxylic acids is 3. The number of halogens is 11. The zero-order chi connectivity index (χ0) is 31.3. The number of anilines is 1. The highest BCUT2D eigenvalue weighted by molar-refractivity contribution is 6.53. The molecule has 1 amide bonds. The van der Waals surface area contributed by atoms with E-state index in [0.29, 0.717) is 17.7 Å². The van der Waals surface area contributed by atoms with Crippen LogP contribution >= 0.6 is 58.0 Å². The molecular weight excluding hydrogens is 678 g/mol. The lowest BCUT2D eigenvalue weighted by molar-refractivity contribution is -0.170. The van der Waals surface area contributed by atoms with Crippen LogP contribution in [-0.2, 0) is 22.4 Å². The molecule has 0 spiro atoms. The molecule has 1 fully saturated rings. The Balaban J connectivity index is 1.56. The largest absolute Gasteiger partial charge is 0.450 e. The zero-order valence-corrected chi connectivity index (χ0v) is 24.3. The molecular formula is C27H14Cl5F6NO3. The minimum atomic E-state index is -5.26. The van der Waals surface area contributed by atoms with E-state index in [0.717, 1.165) is 12.1 Å². The van der Waals surface area contributed by atoms with Crippen molar-refractivity contribution < 1.29 is 40.7 Å². The van der Waals surface area contributed by atoms with Crippen molar-refractivity contribution in [3.8, 4) is 0 Å². The van der Waals surface area contributed by atoms with Gasteiger partial charge in [-0.15, -0.1) is 23.2 Å². The molecule has 3 aromatic rings. The summed E-state index contributed by atoms with van der Waals surface area (Å²) < 4.78 is 80.2. The maximum absolute atomic E-state index is 14.9. The van der Waals surface area contributed by atoms with Crippen LogP contribution < -0.4 is 5.32 Å². The maximum Gasteiger partial charge on any atom is 0.450 e. The molecule has 2 atom stereocenters. The van der Waals surface area contributed by atoms with E-state index >= 15 is 0 Å². The van der Waals surface area contributed by atoms with Crippen LogP contribution in [0, 0.1) is 23.4 Å². The number of ketones is 2. The topological polar surface area (TPSA) is 63.2 Å². The number of Topliss-reactive ketones (excluding diaryl/α,β-unsaturated/α-hetero) is 2. The molecule has 0 unspecified atom stereocenters. The number of nitrogens with one attached hydrogen (secondary N) is 1. The van der Waals surface area contributed by atoms with Crippen LogP contribution in [0.25, 0.3) is 0 Å². The Morgan fingerprint density at radius 3 is 2.14 bits per heavy atom. The Morgan fingerprint density at radius 2 is 1.52 bits per heavy atom. The van der Waals surface area contributed by atoms with Crippen molar-refractivity contribution in [2.24, 2.45) is 5.92 Å². The maximum atomic E-state index is 14.9. The van der Waals surface area contributed by atoms with Gasteiger partial charge in [0.15, 0.2) is 5.78 Å². The molecule has 0 aromatic heterocycles. The lowest BCUT2D eigenvalue weighted by Crippen LogP contribution is -2.25. The molecule has 0 bridgehead atoms. The Labute approximate surface area is 258 Å². The number of hydrogen-bond donors (Lipinski definition) is 1. The van der Waals surface area contributed by atoms with Crippen LogP contribution in [0.15, 0.2) is 42.5 Å². The van der Waals surface area contributed by atoms with Crippen LogP contribution in [0.1, 0.15) is 33.0 Å². The fourth-order valence-electron chi connectivity index (χ4n) is 4.33. The van der Waals surface area contributed by atoms with Crippen molar-refractivity contribution in [2.45, 2.75) is 29.3 Å². The van der Waals surface area contributed by atoms with Crippen molar-refractivity contribution in [3.63, 3.8) is 0 Å². The average Bonchev–Trinajstić information content (AvgIpc) is 3.48. The molecule has 0 saturated heterocycles. The van der Waals surface area contributed by atoms with Gasteiger partial charge >= 0.3 is 6.18 Å². The van der Waals surface area contributed by atoms with Crippen molar-refractivity contribution in [2.75, 3.05) is 5.32 Å². The van der Waals surface area contributed by atoms with Gasteiger partial charge in [0.05, 0.1) is 21.0 Å². The van der Waals surface area contributed by atoms with E-state index < -0.39 is 91.8 Å². The Hall–Kier alpha value is -2.50. The van der Waals surface area contributed by atoms with Gasteiger partial charge in [0, 0.05) is 35.6 Å². The third-order valence-corrected chi connectivity index (χ3v) is 8.57. The highest BCUT2D eigenvalue weighted by Crippen LogP contribution is 2.65. The quantitative estimate of drug-likeness (QED) is 0.146. The molecule has 222 valence electrons. The molecule has 15 heteroatoms. The Bertz CT molecular complexity index is 1630. The van der Waals surface area contributed by atoms with Crippen molar-refractivity contribution in [1.29, 1.82) is 0 Å². The van der Waals surface area contributed by atoms with Crippen LogP contribution in [0.2, 0.25) is 15.1 Å². The first-order valence-electron chi connectivity index (χ1n) is 11.6.